The van der Waals surface area contributed by atoms with Crippen LogP contribution in [0.15, 0.2) is 54.7 Å². The maximum absolute atomic E-state index is 12.6. The lowest BCUT2D eigenvalue weighted by atomic mass is 10.1. The molecular formula is C22H21F3N2O4. The lowest BCUT2D eigenvalue weighted by Crippen LogP contribution is -2.42. The quantitative estimate of drug-likeness (QED) is 0.530. The molecule has 0 saturated heterocycles. The Balaban J connectivity index is 1.55. The van der Waals surface area contributed by atoms with Gasteiger partial charge in [0.2, 0.25) is 0 Å². The molecule has 0 aliphatic carbocycles. The minimum absolute atomic E-state index is 0.177. The molecule has 0 aliphatic heterocycles. The fourth-order valence-corrected chi connectivity index (χ4v) is 3.11. The third kappa shape index (κ3) is 5.85. The number of methoxy groups -OCH3 is 1. The topological polar surface area (TPSA) is 80.4 Å². The summed E-state index contributed by atoms with van der Waals surface area (Å²) in [7, 11) is 1.26. The van der Waals surface area contributed by atoms with Gasteiger partial charge in [-0.1, -0.05) is 30.3 Å². The van der Waals surface area contributed by atoms with Gasteiger partial charge in [0.25, 0.3) is 0 Å². The highest BCUT2D eigenvalue weighted by Gasteiger charge is 2.30. The van der Waals surface area contributed by atoms with E-state index in [-0.39, 0.29) is 13.2 Å². The van der Waals surface area contributed by atoms with Crippen LogP contribution in [0, 0.1) is 0 Å². The molecule has 3 aromatic rings. The van der Waals surface area contributed by atoms with Crippen LogP contribution in [0.2, 0.25) is 0 Å². The lowest BCUT2D eigenvalue weighted by Gasteiger charge is -2.16. The van der Waals surface area contributed by atoms with Gasteiger partial charge >= 0.3 is 18.1 Å². The van der Waals surface area contributed by atoms with Gasteiger partial charge in [-0.05, 0) is 29.3 Å². The van der Waals surface area contributed by atoms with Crippen molar-refractivity contribution in [2.75, 3.05) is 13.7 Å². The Kier molecular flexibility index (Phi) is 6.96. The molecule has 164 valence electrons. The van der Waals surface area contributed by atoms with Crippen LogP contribution < -0.4 is 5.32 Å². The fourth-order valence-electron chi connectivity index (χ4n) is 3.11. The van der Waals surface area contributed by atoms with Gasteiger partial charge in [-0.2, -0.15) is 13.2 Å². The fraction of sp³-hybridized carbons (Fsp3) is 0.273. The average molecular weight is 434 g/mol. The minimum Gasteiger partial charge on any atom is -0.468 e. The summed E-state index contributed by atoms with van der Waals surface area (Å²) in [4.78, 5) is 27.3. The van der Waals surface area contributed by atoms with E-state index < -0.39 is 29.7 Å². The molecule has 0 aliphatic rings. The summed E-state index contributed by atoms with van der Waals surface area (Å²) in [5, 5.41) is 3.79. The number of ether oxygens (including phenoxy) is 2. The van der Waals surface area contributed by atoms with Crippen LogP contribution in [0.5, 0.6) is 0 Å². The number of alkyl halides is 3. The van der Waals surface area contributed by atoms with E-state index in [0.717, 1.165) is 28.6 Å². The van der Waals surface area contributed by atoms with E-state index in [1.807, 2.05) is 24.3 Å². The summed E-state index contributed by atoms with van der Waals surface area (Å²) < 4.78 is 47.7. The Morgan fingerprint density at radius 1 is 1.10 bits per heavy atom. The minimum atomic E-state index is -4.42. The van der Waals surface area contributed by atoms with Gasteiger partial charge in [0, 0.05) is 23.5 Å². The SMILES string of the molecule is COC(=O)[C@H](Cc1c[nH]c2ccccc12)NCC(=O)OCc1ccc(C(F)(F)F)cc1. The molecule has 0 spiro atoms. The van der Waals surface area contributed by atoms with Crippen LogP contribution in [-0.4, -0.2) is 36.6 Å². The smallest absolute Gasteiger partial charge is 0.416 e. The Morgan fingerprint density at radius 3 is 2.48 bits per heavy atom. The number of aromatic nitrogens is 1. The number of fused-ring (bicyclic) bond motifs is 1. The van der Waals surface area contributed by atoms with Gasteiger partial charge in [0.1, 0.15) is 12.6 Å². The number of benzene rings is 2. The van der Waals surface area contributed by atoms with Crippen molar-refractivity contribution in [3.05, 3.63) is 71.4 Å². The number of esters is 2. The number of aromatic amines is 1. The molecule has 1 heterocycles. The molecule has 2 aromatic carbocycles. The Hall–Kier alpha value is -3.33. The Morgan fingerprint density at radius 2 is 1.81 bits per heavy atom. The average Bonchev–Trinajstić information content (AvgIpc) is 3.17. The number of hydrogen-bond acceptors (Lipinski definition) is 5. The molecule has 31 heavy (non-hydrogen) atoms. The van der Waals surface area contributed by atoms with Crippen molar-refractivity contribution in [2.45, 2.75) is 25.2 Å². The van der Waals surface area contributed by atoms with E-state index in [9.17, 15) is 22.8 Å². The molecule has 9 heteroatoms. The molecule has 1 atom stereocenters. The summed E-state index contributed by atoms with van der Waals surface area (Å²) >= 11 is 0. The molecule has 3 rings (SSSR count). The lowest BCUT2D eigenvalue weighted by molar-refractivity contribution is -0.146. The number of H-pyrrole nitrogens is 1. The molecule has 0 saturated carbocycles. The molecule has 6 nitrogen and oxygen atoms in total. The number of rotatable bonds is 8. The summed E-state index contributed by atoms with van der Waals surface area (Å²) in [6.45, 7) is -0.438. The standard InChI is InChI=1S/C22H21F3N2O4/c1-30-21(29)19(10-15-11-26-18-5-3-2-4-17(15)18)27-12-20(28)31-13-14-6-8-16(9-7-14)22(23,24)25/h2-9,11,19,26-27H,10,12-13H2,1H3/t19-/m0/s1. The van der Waals surface area contributed by atoms with Crippen LogP contribution in [0.25, 0.3) is 10.9 Å². The largest absolute Gasteiger partial charge is 0.468 e. The van der Waals surface area contributed by atoms with E-state index in [1.54, 1.807) is 6.20 Å². The third-order valence-corrected chi connectivity index (χ3v) is 4.76. The molecule has 1 aromatic heterocycles. The third-order valence-electron chi connectivity index (χ3n) is 4.76. The second-order valence-electron chi connectivity index (χ2n) is 6.88. The van der Waals surface area contributed by atoms with Gasteiger partial charge < -0.3 is 14.5 Å². The Labute approximate surface area is 176 Å². The number of carbonyl (C=O) groups excluding carboxylic acids is 2. The van der Waals surface area contributed by atoms with Crippen LogP contribution in [0.1, 0.15) is 16.7 Å². The van der Waals surface area contributed by atoms with E-state index >= 15 is 0 Å². The zero-order valence-electron chi connectivity index (χ0n) is 16.7. The number of halogens is 3. The molecule has 0 radical (unpaired) electrons. The van der Waals surface area contributed by atoms with Crippen LogP contribution in [0.3, 0.4) is 0 Å². The van der Waals surface area contributed by atoms with Crippen molar-refractivity contribution in [1.29, 1.82) is 0 Å². The van der Waals surface area contributed by atoms with Crippen molar-refractivity contribution in [3.8, 4) is 0 Å². The van der Waals surface area contributed by atoms with E-state index in [2.05, 4.69) is 10.3 Å². The van der Waals surface area contributed by atoms with Crippen molar-refractivity contribution in [2.24, 2.45) is 0 Å². The zero-order valence-corrected chi connectivity index (χ0v) is 16.7. The van der Waals surface area contributed by atoms with E-state index in [4.69, 9.17) is 9.47 Å². The zero-order chi connectivity index (χ0) is 22.4. The van der Waals surface area contributed by atoms with Gasteiger partial charge in [-0.3, -0.25) is 14.9 Å². The van der Waals surface area contributed by atoms with Gasteiger partial charge in [0.15, 0.2) is 0 Å². The predicted molar refractivity (Wildman–Crippen MR) is 107 cm³/mol. The second kappa shape index (κ2) is 9.65. The summed E-state index contributed by atoms with van der Waals surface area (Å²) in [6, 6.07) is 11.2. The second-order valence-corrected chi connectivity index (χ2v) is 6.88. The van der Waals surface area contributed by atoms with Crippen molar-refractivity contribution in [1.82, 2.24) is 10.3 Å². The first-order valence-electron chi connectivity index (χ1n) is 9.46. The van der Waals surface area contributed by atoms with E-state index in [0.29, 0.717) is 12.0 Å². The van der Waals surface area contributed by atoms with Crippen LogP contribution in [-0.2, 0) is 38.3 Å². The molecule has 0 fully saturated rings. The summed E-state index contributed by atoms with van der Waals surface area (Å²) in [5.74, 6) is -1.17. The van der Waals surface area contributed by atoms with E-state index in [1.165, 1.54) is 19.2 Å². The van der Waals surface area contributed by atoms with Crippen LogP contribution >= 0.6 is 0 Å². The monoisotopic (exact) mass is 434 g/mol. The first-order chi connectivity index (χ1) is 14.8. The normalized spacial score (nSPS) is 12.5. The molecule has 0 unspecified atom stereocenters. The van der Waals surface area contributed by atoms with Gasteiger partial charge in [-0.15, -0.1) is 0 Å². The predicted octanol–water partition coefficient (Wildman–Crippen LogP) is 3.60. The number of carbonyl (C=O) groups is 2. The number of hydrogen-bond donors (Lipinski definition) is 2. The first-order valence-corrected chi connectivity index (χ1v) is 9.46. The molecular weight excluding hydrogens is 413 g/mol. The van der Waals surface area contributed by atoms with Crippen molar-refractivity contribution < 1.29 is 32.2 Å². The van der Waals surface area contributed by atoms with Crippen molar-refractivity contribution in [3.63, 3.8) is 0 Å². The van der Waals surface area contributed by atoms with Gasteiger partial charge in [-0.25, -0.2) is 0 Å². The Bertz CT molecular complexity index is 1040. The highest BCUT2D eigenvalue weighted by Crippen LogP contribution is 2.29. The molecule has 0 bridgehead atoms. The maximum atomic E-state index is 12.6. The molecule has 2 N–H and O–H groups in total. The number of nitrogens with one attached hydrogen (secondary N) is 2. The summed E-state index contributed by atoms with van der Waals surface area (Å²) in [6.07, 6.45) is -2.33. The van der Waals surface area contributed by atoms with Crippen molar-refractivity contribution >= 4 is 22.8 Å². The number of para-hydroxylation sites is 1. The highest BCUT2D eigenvalue weighted by molar-refractivity contribution is 5.85. The van der Waals surface area contributed by atoms with Crippen LogP contribution in [0.4, 0.5) is 13.2 Å². The first kappa shape index (κ1) is 22.4. The highest BCUT2D eigenvalue weighted by atomic mass is 19.4. The molecule has 0 amide bonds. The summed E-state index contributed by atoms with van der Waals surface area (Å²) in [5.41, 5.74) is 1.46. The maximum Gasteiger partial charge on any atom is 0.416 e. The van der Waals surface area contributed by atoms with Gasteiger partial charge in [0.05, 0.1) is 19.2 Å².